The molecule has 2 aromatic carbocycles. The number of nitrogens with two attached hydrogens (primary N) is 1. The smallest absolute Gasteiger partial charge is 0.312 e. The van der Waals surface area contributed by atoms with Crippen molar-refractivity contribution >= 4 is 11.5 Å². The lowest BCUT2D eigenvalue weighted by Crippen LogP contribution is -2.13. The molecule has 0 saturated carbocycles. The topological polar surface area (TPSA) is 131 Å². The quantitative estimate of drug-likeness (QED) is 0.260. The van der Waals surface area contributed by atoms with Gasteiger partial charge in [-0.3, -0.25) is 10.1 Å². The summed E-state index contributed by atoms with van der Waals surface area (Å²) in [5, 5.41) is 32.1. The van der Waals surface area contributed by atoms with Crippen molar-refractivity contribution in [3.05, 3.63) is 58.1 Å². The molecule has 0 bridgehead atoms. The Balaban J connectivity index is 2.44. The van der Waals surface area contributed by atoms with Crippen LogP contribution in [0.15, 0.2) is 47.6 Å². The number of hydrogen-bond acceptors (Lipinski definition) is 6. The van der Waals surface area contributed by atoms with Gasteiger partial charge in [0, 0.05) is 11.6 Å². The van der Waals surface area contributed by atoms with Gasteiger partial charge in [0.1, 0.15) is 0 Å². The standard InChI is InChI=1S/C13H11N3O5/c14-13(15-18)8-5-6-11(9(7-8)16(19)20)21-12-4-2-1-3-10(12)17/h1-7,17-18H,(H2,14,15). The van der Waals surface area contributed by atoms with Gasteiger partial charge in [-0.05, 0) is 24.3 Å². The van der Waals surface area contributed by atoms with Crippen LogP contribution in [0.2, 0.25) is 0 Å². The Hall–Kier alpha value is -3.29. The molecule has 0 aromatic heterocycles. The third kappa shape index (κ3) is 3.00. The highest BCUT2D eigenvalue weighted by Gasteiger charge is 2.19. The molecule has 21 heavy (non-hydrogen) atoms. The summed E-state index contributed by atoms with van der Waals surface area (Å²) >= 11 is 0. The second-order valence-electron chi connectivity index (χ2n) is 3.99. The van der Waals surface area contributed by atoms with Crippen molar-refractivity contribution in [1.29, 1.82) is 0 Å². The number of nitro groups is 1. The van der Waals surface area contributed by atoms with E-state index >= 15 is 0 Å². The summed E-state index contributed by atoms with van der Waals surface area (Å²) in [4.78, 5) is 10.4. The van der Waals surface area contributed by atoms with Gasteiger partial charge in [0.05, 0.1) is 4.92 Å². The molecule has 0 radical (unpaired) electrons. The van der Waals surface area contributed by atoms with E-state index in [0.717, 1.165) is 6.07 Å². The largest absolute Gasteiger partial charge is 0.504 e. The van der Waals surface area contributed by atoms with E-state index in [-0.39, 0.29) is 34.3 Å². The Labute approximate surface area is 118 Å². The van der Waals surface area contributed by atoms with Crippen LogP contribution >= 0.6 is 0 Å². The summed E-state index contributed by atoms with van der Waals surface area (Å²) in [5.74, 6) is -0.396. The van der Waals surface area contributed by atoms with Gasteiger partial charge in [-0.2, -0.15) is 0 Å². The third-order valence-corrected chi connectivity index (χ3v) is 2.64. The zero-order chi connectivity index (χ0) is 15.4. The fourth-order valence-electron chi connectivity index (χ4n) is 1.63. The zero-order valence-electron chi connectivity index (χ0n) is 10.6. The average Bonchev–Trinajstić information content (AvgIpc) is 2.49. The molecule has 0 amide bonds. The zero-order valence-corrected chi connectivity index (χ0v) is 10.6. The van der Waals surface area contributed by atoms with Crippen LogP contribution < -0.4 is 10.5 Å². The summed E-state index contributed by atoms with van der Waals surface area (Å²) in [5.41, 5.74) is 5.19. The van der Waals surface area contributed by atoms with Gasteiger partial charge in [-0.25, -0.2) is 0 Å². The van der Waals surface area contributed by atoms with E-state index in [1.807, 2.05) is 0 Å². The number of oxime groups is 1. The highest BCUT2D eigenvalue weighted by Crippen LogP contribution is 2.35. The van der Waals surface area contributed by atoms with Gasteiger partial charge in [0.15, 0.2) is 17.3 Å². The lowest BCUT2D eigenvalue weighted by molar-refractivity contribution is -0.385. The first-order chi connectivity index (χ1) is 10.0. The Morgan fingerprint density at radius 2 is 1.95 bits per heavy atom. The first kappa shape index (κ1) is 14.1. The molecule has 4 N–H and O–H groups in total. The molecule has 0 saturated heterocycles. The summed E-state index contributed by atoms with van der Waals surface area (Å²) in [6.45, 7) is 0. The van der Waals surface area contributed by atoms with Crippen molar-refractivity contribution in [3.63, 3.8) is 0 Å². The molecular formula is C13H11N3O5. The first-order valence-corrected chi connectivity index (χ1v) is 5.75. The van der Waals surface area contributed by atoms with Crippen molar-refractivity contribution in [1.82, 2.24) is 0 Å². The molecule has 0 aliphatic heterocycles. The van der Waals surface area contributed by atoms with Crippen LogP contribution in [0.1, 0.15) is 5.56 Å². The molecule has 2 aromatic rings. The van der Waals surface area contributed by atoms with E-state index in [9.17, 15) is 15.2 Å². The van der Waals surface area contributed by atoms with E-state index < -0.39 is 4.92 Å². The fourth-order valence-corrected chi connectivity index (χ4v) is 1.63. The van der Waals surface area contributed by atoms with Crippen LogP contribution in [0.25, 0.3) is 0 Å². The average molecular weight is 289 g/mol. The molecule has 8 heteroatoms. The third-order valence-electron chi connectivity index (χ3n) is 2.64. The van der Waals surface area contributed by atoms with Crippen molar-refractivity contribution < 1.29 is 20.0 Å². The number of nitro benzene ring substituents is 1. The summed E-state index contributed by atoms with van der Waals surface area (Å²) in [6.07, 6.45) is 0. The minimum absolute atomic E-state index is 0.0732. The monoisotopic (exact) mass is 289 g/mol. The van der Waals surface area contributed by atoms with E-state index in [4.69, 9.17) is 15.7 Å². The predicted octanol–water partition coefficient (Wildman–Crippen LogP) is 2.19. The number of phenols is 1. The van der Waals surface area contributed by atoms with Crippen molar-refractivity contribution in [2.45, 2.75) is 0 Å². The number of ether oxygens (including phenoxy) is 1. The molecule has 8 nitrogen and oxygen atoms in total. The molecule has 0 unspecified atom stereocenters. The van der Waals surface area contributed by atoms with E-state index in [0.29, 0.717) is 0 Å². The lowest BCUT2D eigenvalue weighted by Gasteiger charge is -2.08. The highest BCUT2D eigenvalue weighted by molar-refractivity contribution is 5.97. The maximum atomic E-state index is 11.1. The van der Waals surface area contributed by atoms with Gasteiger partial charge >= 0.3 is 5.69 Å². The minimum Gasteiger partial charge on any atom is -0.504 e. The maximum Gasteiger partial charge on any atom is 0.312 e. The van der Waals surface area contributed by atoms with E-state index in [1.54, 1.807) is 12.1 Å². The molecule has 0 aliphatic rings. The Kier molecular flexibility index (Phi) is 3.89. The lowest BCUT2D eigenvalue weighted by atomic mass is 10.1. The van der Waals surface area contributed by atoms with Crippen LogP contribution in [0.5, 0.6) is 17.2 Å². The van der Waals surface area contributed by atoms with Crippen LogP contribution in [0.3, 0.4) is 0 Å². The summed E-state index contributed by atoms with van der Waals surface area (Å²) < 4.78 is 5.34. The minimum atomic E-state index is -0.663. The normalized spacial score (nSPS) is 11.1. The maximum absolute atomic E-state index is 11.1. The fraction of sp³-hybridized carbons (Fsp3) is 0. The molecule has 0 fully saturated rings. The van der Waals surface area contributed by atoms with E-state index in [2.05, 4.69) is 5.16 Å². The van der Waals surface area contributed by atoms with Crippen LogP contribution in [-0.4, -0.2) is 21.1 Å². The molecular weight excluding hydrogens is 278 g/mol. The number of amidine groups is 1. The SMILES string of the molecule is N/C(=N\O)c1ccc(Oc2ccccc2O)c([N+](=O)[O-])c1. The predicted molar refractivity (Wildman–Crippen MR) is 73.8 cm³/mol. The van der Waals surface area contributed by atoms with Crippen LogP contribution in [-0.2, 0) is 0 Å². The van der Waals surface area contributed by atoms with Gasteiger partial charge in [-0.15, -0.1) is 0 Å². The molecule has 108 valence electrons. The van der Waals surface area contributed by atoms with Gasteiger partial charge < -0.3 is 20.8 Å². The van der Waals surface area contributed by atoms with Crippen molar-refractivity contribution in [2.75, 3.05) is 0 Å². The second kappa shape index (κ2) is 5.78. The number of aromatic hydroxyl groups is 1. The second-order valence-corrected chi connectivity index (χ2v) is 3.99. The number of benzene rings is 2. The van der Waals surface area contributed by atoms with Gasteiger partial charge in [0.2, 0.25) is 5.75 Å². The Morgan fingerprint density at radius 3 is 2.57 bits per heavy atom. The van der Waals surface area contributed by atoms with Crippen LogP contribution in [0, 0.1) is 10.1 Å². The van der Waals surface area contributed by atoms with Crippen molar-refractivity contribution in [3.8, 4) is 17.2 Å². The summed E-state index contributed by atoms with van der Waals surface area (Å²) in [7, 11) is 0. The number of hydrogen-bond donors (Lipinski definition) is 3. The molecule has 0 spiro atoms. The molecule has 0 atom stereocenters. The number of nitrogens with zero attached hydrogens (tertiary/aromatic N) is 2. The van der Waals surface area contributed by atoms with Crippen molar-refractivity contribution in [2.24, 2.45) is 10.9 Å². The number of para-hydroxylation sites is 2. The highest BCUT2D eigenvalue weighted by atomic mass is 16.6. The molecule has 0 heterocycles. The first-order valence-electron chi connectivity index (χ1n) is 5.75. The van der Waals surface area contributed by atoms with E-state index in [1.165, 1.54) is 24.3 Å². The number of rotatable bonds is 4. The molecule has 0 aliphatic carbocycles. The Morgan fingerprint density at radius 1 is 1.24 bits per heavy atom. The van der Waals surface area contributed by atoms with Crippen LogP contribution in [0.4, 0.5) is 5.69 Å². The van der Waals surface area contributed by atoms with Gasteiger partial charge in [-0.1, -0.05) is 17.3 Å². The Bertz CT molecular complexity index is 715. The van der Waals surface area contributed by atoms with Gasteiger partial charge in [0.25, 0.3) is 0 Å². The number of phenolic OH excluding ortho intramolecular Hbond substituents is 1. The summed E-state index contributed by atoms with van der Waals surface area (Å²) in [6, 6.07) is 9.89. The molecule has 2 rings (SSSR count).